The molecule has 0 saturated carbocycles. The van der Waals surface area contributed by atoms with E-state index in [9.17, 15) is 0 Å². The Morgan fingerprint density at radius 1 is 1.24 bits per heavy atom. The Morgan fingerprint density at radius 2 is 2.05 bits per heavy atom. The number of piperidine rings is 1. The molecule has 116 valence electrons. The molecule has 4 nitrogen and oxygen atoms in total. The fourth-order valence-corrected chi connectivity index (χ4v) is 3.59. The molecule has 2 aliphatic heterocycles. The van der Waals surface area contributed by atoms with Crippen LogP contribution in [0.5, 0.6) is 0 Å². The molecule has 0 aromatic carbocycles. The molecule has 1 atom stereocenters. The Kier molecular flexibility index (Phi) is 4.76. The molecule has 2 fully saturated rings. The van der Waals surface area contributed by atoms with E-state index >= 15 is 0 Å². The maximum Gasteiger partial charge on any atom is 0.128 e. The first-order chi connectivity index (χ1) is 10.3. The van der Waals surface area contributed by atoms with Crippen LogP contribution in [0.15, 0.2) is 12.3 Å². The predicted octanol–water partition coefficient (Wildman–Crippen LogP) is 2.77. The van der Waals surface area contributed by atoms with Gasteiger partial charge in [-0.3, -0.25) is 4.90 Å². The number of hydrogen-bond acceptors (Lipinski definition) is 4. The van der Waals surface area contributed by atoms with Crippen LogP contribution < -0.4 is 4.90 Å². The zero-order valence-corrected chi connectivity index (χ0v) is 13.3. The summed E-state index contributed by atoms with van der Waals surface area (Å²) in [6, 6.07) is 2.83. The lowest BCUT2D eigenvalue weighted by atomic mass is 9.93. The van der Waals surface area contributed by atoms with E-state index in [0.29, 0.717) is 6.04 Å². The first kappa shape index (κ1) is 14.8. The number of likely N-dealkylation sites (tertiary alicyclic amines) is 1. The van der Waals surface area contributed by atoms with Crippen molar-refractivity contribution in [2.75, 3.05) is 44.3 Å². The molecule has 3 rings (SSSR count). The van der Waals surface area contributed by atoms with Crippen LogP contribution in [0.1, 0.15) is 43.4 Å². The molecule has 3 heterocycles. The number of aromatic nitrogens is 1. The second-order valence-electron chi connectivity index (χ2n) is 6.14. The van der Waals surface area contributed by atoms with Crippen molar-refractivity contribution < 1.29 is 4.74 Å². The molecule has 0 unspecified atom stereocenters. The number of rotatable bonds is 3. The largest absolute Gasteiger partial charge is 0.378 e. The Bertz CT molecular complexity index is 471. The quantitative estimate of drug-likeness (QED) is 0.855. The molecule has 1 aromatic rings. The van der Waals surface area contributed by atoms with Gasteiger partial charge in [0.1, 0.15) is 5.82 Å². The highest BCUT2D eigenvalue weighted by molar-refractivity contribution is 5.44. The van der Waals surface area contributed by atoms with E-state index in [1.54, 1.807) is 0 Å². The average molecular weight is 289 g/mol. The first-order valence-electron chi connectivity index (χ1n) is 8.33. The maximum absolute atomic E-state index is 5.42. The van der Waals surface area contributed by atoms with Gasteiger partial charge >= 0.3 is 0 Å². The highest BCUT2D eigenvalue weighted by Crippen LogP contribution is 2.33. The van der Waals surface area contributed by atoms with Crippen LogP contribution in [0, 0.1) is 6.92 Å². The minimum Gasteiger partial charge on any atom is -0.378 e. The van der Waals surface area contributed by atoms with Crippen molar-refractivity contribution in [3.05, 3.63) is 23.4 Å². The maximum atomic E-state index is 5.42. The smallest absolute Gasteiger partial charge is 0.128 e. The van der Waals surface area contributed by atoms with Crippen LogP contribution in [0.4, 0.5) is 5.82 Å². The van der Waals surface area contributed by atoms with Gasteiger partial charge in [0.05, 0.1) is 13.2 Å². The first-order valence-corrected chi connectivity index (χ1v) is 8.33. The van der Waals surface area contributed by atoms with E-state index in [2.05, 4.69) is 35.9 Å². The van der Waals surface area contributed by atoms with Gasteiger partial charge in [-0.25, -0.2) is 4.98 Å². The number of ether oxygens (including phenoxy) is 1. The van der Waals surface area contributed by atoms with Crippen molar-refractivity contribution in [3.63, 3.8) is 0 Å². The third-order valence-electron chi connectivity index (χ3n) is 4.85. The molecular formula is C17H27N3O. The van der Waals surface area contributed by atoms with Gasteiger partial charge in [0.25, 0.3) is 0 Å². The summed E-state index contributed by atoms with van der Waals surface area (Å²) >= 11 is 0. The van der Waals surface area contributed by atoms with Gasteiger partial charge in [-0.2, -0.15) is 0 Å². The van der Waals surface area contributed by atoms with E-state index in [0.717, 1.165) is 38.7 Å². The van der Waals surface area contributed by atoms with E-state index < -0.39 is 0 Å². The van der Waals surface area contributed by atoms with E-state index in [1.165, 1.54) is 36.9 Å². The number of morpholine rings is 1. The molecule has 0 amide bonds. The van der Waals surface area contributed by atoms with Gasteiger partial charge in [-0.15, -0.1) is 0 Å². The Morgan fingerprint density at radius 3 is 2.76 bits per heavy atom. The zero-order chi connectivity index (χ0) is 14.7. The number of anilines is 1. The number of pyridine rings is 1. The van der Waals surface area contributed by atoms with Crippen molar-refractivity contribution >= 4 is 5.82 Å². The van der Waals surface area contributed by atoms with Gasteiger partial charge in [0.15, 0.2) is 0 Å². The minimum absolute atomic E-state index is 0.565. The van der Waals surface area contributed by atoms with Gasteiger partial charge < -0.3 is 9.64 Å². The second-order valence-corrected chi connectivity index (χ2v) is 6.14. The SMILES string of the molecule is CCN1CCCC[C@@H]1c1cnc(N2CCOCC2)cc1C. The lowest BCUT2D eigenvalue weighted by Crippen LogP contribution is -2.37. The zero-order valence-electron chi connectivity index (χ0n) is 13.3. The summed E-state index contributed by atoms with van der Waals surface area (Å²) in [5.74, 6) is 1.11. The van der Waals surface area contributed by atoms with E-state index in [-0.39, 0.29) is 0 Å². The molecule has 1 aromatic heterocycles. The normalized spacial score (nSPS) is 24.3. The summed E-state index contributed by atoms with van der Waals surface area (Å²) in [7, 11) is 0. The van der Waals surface area contributed by atoms with Crippen LogP contribution in [-0.2, 0) is 4.74 Å². The van der Waals surface area contributed by atoms with E-state index in [4.69, 9.17) is 9.72 Å². The summed E-state index contributed by atoms with van der Waals surface area (Å²) in [6.07, 6.45) is 6.07. The lowest BCUT2D eigenvalue weighted by Gasteiger charge is -2.36. The average Bonchev–Trinajstić information content (AvgIpc) is 2.55. The topological polar surface area (TPSA) is 28.6 Å². The molecule has 0 bridgehead atoms. The standard InChI is InChI=1S/C17H27N3O/c1-3-19-7-5-4-6-16(19)15-13-18-17(12-14(15)2)20-8-10-21-11-9-20/h12-13,16H,3-11H2,1-2H3/t16-/m1/s1. The molecule has 0 radical (unpaired) electrons. The minimum atomic E-state index is 0.565. The summed E-state index contributed by atoms with van der Waals surface area (Å²) in [4.78, 5) is 9.68. The molecule has 0 spiro atoms. The van der Waals surface area contributed by atoms with E-state index in [1.807, 2.05) is 0 Å². The Balaban J connectivity index is 1.80. The molecular weight excluding hydrogens is 262 g/mol. The predicted molar refractivity (Wildman–Crippen MR) is 85.8 cm³/mol. The second kappa shape index (κ2) is 6.75. The van der Waals surface area contributed by atoms with Crippen molar-refractivity contribution in [2.45, 2.75) is 39.2 Å². The fourth-order valence-electron chi connectivity index (χ4n) is 3.59. The van der Waals surface area contributed by atoms with Crippen LogP contribution in [0.25, 0.3) is 0 Å². The molecule has 0 aliphatic carbocycles. The van der Waals surface area contributed by atoms with Crippen LogP contribution in [-0.4, -0.2) is 49.3 Å². The summed E-state index contributed by atoms with van der Waals surface area (Å²) in [5, 5.41) is 0. The highest BCUT2D eigenvalue weighted by atomic mass is 16.5. The van der Waals surface area contributed by atoms with Gasteiger partial charge in [-0.05, 0) is 50.0 Å². The Labute approximate surface area is 128 Å². The van der Waals surface area contributed by atoms with Crippen LogP contribution in [0.3, 0.4) is 0 Å². The molecule has 2 aliphatic rings. The highest BCUT2D eigenvalue weighted by Gasteiger charge is 2.24. The van der Waals surface area contributed by atoms with Crippen molar-refractivity contribution in [3.8, 4) is 0 Å². The van der Waals surface area contributed by atoms with Crippen molar-refractivity contribution in [2.24, 2.45) is 0 Å². The third kappa shape index (κ3) is 3.22. The molecule has 2 saturated heterocycles. The van der Waals surface area contributed by atoms with Crippen LogP contribution >= 0.6 is 0 Å². The summed E-state index contributed by atoms with van der Waals surface area (Å²) < 4.78 is 5.42. The number of aryl methyl sites for hydroxylation is 1. The van der Waals surface area contributed by atoms with Gasteiger partial charge in [-0.1, -0.05) is 13.3 Å². The summed E-state index contributed by atoms with van der Waals surface area (Å²) in [5.41, 5.74) is 2.81. The molecule has 4 heteroatoms. The van der Waals surface area contributed by atoms with Crippen LogP contribution in [0.2, 0.25) is 0 Å². The Hall–Kier alpha value is -1.13. The van der Waals surface area contributed by atoms with Crippen molar-refractivity contribution in [1.29, 1.82) is 0 Å². The van der Waals surface area contributed by atoms with Crippen molar-refractivity contribution in [1.82, 2.24) is 9.88 Å². The monoisotopic (exact) mass is 289 g/mol. The number of nitrogens with zero attached hydrogens (tertiary/aromatic N) is 3. The number of hydrogen-bond donors (Lipinski definition) is 0. The third-order valence-corrected chi connectivity index (χ3v) is 4.85. The van der Waals surface area contributed by atoms with Gasteiger partial charge in [0, 0.05) is 25.3 Å². The fraction of sp³-hybridized carbons (Fsp3) is 0.706. The lowest BCUT2D eigenvalue weighted by molar-refractivity contribution is 0.122. The summed E-state index contributed by atoms with van der Waals surface area (Å²) in [6.45, 7) is 10.4. The van der Waals surface area contributed by atoms with Gasteiger partial charge in [0.2, 0.25) is 0 Å². The molecule has 21 heavy (non-hydrogen) atoms. The molecule has 0 N–H and O–H groups in total.